The number of aryl methyl sites for hydroxylation is 2. The van der Waals surface area contributed by atoms with Gasteiger partial charge in [-0.2, -0.15) is 0 Å². The maximum atomic E-state index is 13.2. The number of amides is 1. The van der Waals surface area contributed by atoms with Crippen LogP contribution in [0.2, 0.25) is 0 Å². The number of carbonyl (C=O) groups excluding carboxylic acids is 1. The Morgan fingerprint density at radius 3 is 2.60 bits per heavy atom. The summed E-state index contributed by atoms with van der Waals surface area (Å²) >= 11 is 0. The first-order valence-electron chi connectivity index (χ1n) is 11.7. The number of rotatable bonds is 7. The van der Waals surface area contributed by atoms with E-state index in [1.165, 1.54) is 5.56 Å². The third-order valence-corrected chi connectivity index (χ3v) is 6.21. The molecule has 1 aliphatic rings. The van der Waals surface area contributed by atoms with Crippen molar-refractivity contribution in [3.63, 3.8) is 0 Å². The van der Waals surface area contributed by atoms with Crippen molar-refractivity contribution in [3.8, 4) is 17.1 Å². The Balaban J connectivity index is 1.42. The summed E-state index contributed by atoms with van der Waals surface area (Å²) in [5.74, 6) is 1.26. The third-order valence-electron chi connectivity index (χ3n) is 6.21. The highest BCUT2D eigenvalue weighted by molar-refractivity contribution is 5.94. The van der Waals surface area contributed by atoms with E-state index in [-0.39, 0.29) is 18.7 Å². The minimum Gasteiger partial charge on any atom is -0.312 e. The highest BCUT2D eigenvalue weighted by Gasteiger charge is 2.23. The van der Waals surface area contributed by atoms with Gasteiger partial charge in [0.05, 0.1) is 0 Å². The first kappa shape index (κ1) is 22.8. The molecular formula is C27H25F2N5O. The van der Waals surface area contributed by atoms with Gasteiger partial charge < -0.3 is 4.90 Å². The molecule has 0 saturated heterocycles. The fourth-order valence-corrected chi connectivity index (χ4v) is 4.54. The molecule has 3 heterocycles. The predicted octanol–water partition coefficient (Wildman–Crippen LogP) is 5.05. The van der Waals surface area contributed by atoms with Crippen LogP contribution in [0.4, 0.5) is 14.5 Å². The predicted molar refractivity (Wildman–Crippen MR) is 130 cm³/mol. The summed E-state index contributed by atoms with van der Waals surface area (Å²) < 4.78 is 27.5. The van der Waals surface area contributed by atoms with E-state index in [4.69, 9.17) is 0 Å². The molecule has 4 aromatic rings. The quantitative estimate of drug-likeness (QED) is 0.377. The lowest BCUT2D eigenvalue weighted by molar-refractivity contribution is -0.118. The van der Waals surface area contributed by atoms with Crippen molar-refractivity contribution in [2.75, 3.05) is 11.4 Å². The summed E-state index contributed by atoms with van der Waals surface area (Å²) in [5, 5.41) is 8.78. The van der Waals surface area contributed by atoms with Gasteiger partial charge >= 0.3 is 0 Å². The molecule has 0 spiro atoms. The molecule has 1 amide bonds. The van der Waals surface area contributed by atoms with Crippen LogP contribution in [0.3, 0.4) is 0 Å². The number of nitrogens with zero attached hydrogens (tertiary/aromatic N) is 5. The van der Waals surface area contributed by atoms with Crippen LogP contribution in [0, 0.1) is 0 Å². The molecule has 0 unspecified atom stereocenters. The molecule has 5 rings (SSSR count). The van der Waals surface area contributed by atoms with E-state index in [2.05, 4.69) is 21.2 Å². The minimum atomic E-state index is -2.40. The van der Waals surface area contributed by atoms with Crippen LogP contribution in [0.15, 0.2) is 73.1 Å². The van der Waals surface area contributed by atoms with Crippen molar-refractivity contribution in [2.24, 2.45) is 0 Å². The Hall–Kier alpha value is -3.94. The number of alkyl halides is 2. The molecule has 2 aromatic heterocycles. The summed E-state index contributed by atoms with van der Waals surface area (Å²) in [4.78, 5) is 19.2. The topological polar surface area (TPSA) is 63.9 Å². The van der Waals surface area contributed by atoms with E-state index in [0.29, 0.717) is 30.2 Å². The molecule has 2 aromatic carbocycles. The average molecular weight is 474 g/mol. The van der Waals surface area contributed by atoms with Crippen molar-refractivity contribution in [3.05, 3.63) is 90.0 Å². The van der Waals surface area contributed by atoms with Crippen LogP contribution in [0.25, 0.3) is 17.1 Å². The van der Waals surface area contributed by atoms with Crippen molar-refractivity contribution >= 4 is 11.6 Å². The van der Waals surface area contributed by atoms with E-state index in [1.807, 2.05) is 39.8 Å². The Labute approximate surface area is 202 Å². The van der Waals surface area contributed by atoms with Gasteiger partial charge in [0.25, 0.3) is 0 Å². The second-order valence-corrected chi connectivity index (χ2v) is 8.56. The molecule has 1 aliphatic heterocycles. The van der Waals surface area contributed by atoms with Gasteiger partial charge in [-0.05, 0) is 54.3 Å². The first-order valence-corrected chi connectivity index (χ1v) is 11.7. The van der Waals surface area contributed by atoms with E-state index in [9.17, 15) is 13.6 Å². The molecule has 6 nitrogen and oxygen atoms in total. The SMILES string of the molecule is O=C(CCc1nnc(-c2cccnc2)n1-c1ccc(CC(F)F)cc1)N1CCCc2ccccc21. The Morgan fingerprint density at radius 1 is 1.00 bits per heavy atom. The van der Waals surface area contributed by atoms with Gasteiger partial charge in [-0.25, -0.2) is 8.78 Å². The molecule has 0 saturated carbocycles. The molecular weight excluding hydrogens is 448 g/mol. The lowest BCUT2D eigenvalue weighted by atomic mass is 10.0. The summed E-state index contributed by atoms with van der Waals surface area (Å²) in [6.07, 6.45) is 3.27. The molecule has 0 radical (unpaired) electrons. The van der Waals surface area contributed by atoms with Crippen LogP contribution >= 0.6 is 0 Å². The van der Waals surface area contributed by atoms with Crippen LogP contribution in [-0.2, 0) is 24.1 Å². The molecule has 35 heavy (non-hydrogen) atoms. The number of carbonyl (C=O) groups is 1. The summed E-state index contributed by atoms with van der Waals surface area (Å²) in [5.41, 5.74) is 4.26. The minimum absolute atomic E-state index is 0.0434. The molecule has 8 heteroatoms. The molecule has 0 atom stereocenters. The number of para-hydroxylation sites is 1. The summed E-state index contributed by atoms with van der Waals surface area (Å²) in [6, 6.07) is 18.7. The number of pyridine rings is 1. The molecule has 178 valence electrons. The number of hydrogen-bond donors (Lipinski definition) is 0. The van der Waals surface area contributed by atoms with Crippen molar-refractivity contribution in [1.29, 1.82) is 0 Å². The van der Waals surface area contributed by atoms with Gasteiger partial charge in [-0.15, -0.1) is 10.2 Å². The fraction of sp³-hybridized carbons (Fsp3) is 0.259. The second kappa shape index (κ2) is 10.1. The number of benzene rings is 2. The van der Waals surface area contributed by atoms with Gasteiger partial charge in [0.2, 0.25) is 12.3 Å². The first-order chi connectivity index (χ1) is 17.1. The second-order valence-electron chi connectivity index (χ2n) is 8.56. The maximum Gasteiger partial charge on any atom is 0.242 e. The normalized spacial score (nSPS) is 13.2. The van der Waals surface area contributed by atoms with Gasteiger partial charge in [-0.3, -0.25) is 14.3 Å². The van der Waals surface area contributed by atoms with Gasteiger partial charge in [-0.1, -0.05) is 30.3 Å². The number of fused-ring (bicyclic) bond motifs is 1. The average Bonchev–Trinajstić information content (AvgIpc) is 3.31. The van der Waals surface area contributed by atoms with Crippen LogP contribution in [-0.4, -0.2) is 38.6 Å². The Bertz CT molecular complexity index is 1300. The van der Waals surface area contributed by atoms with E-state index >= 15 is 0 Å². The van der Waals surface area contributed by atoms with E-state index in [1.54, 1.807) is 36.7 Å². The zero-order valence-corrected chi connectivity index (χ0v) is 19.1. The number of anilines is 1. The Morgan fingerprint density at radius 2 is 1.83 bits per heavy atom. The highest BCUT2D eigenvalue weighted by atomic mass is 19.3. The van der Waals surface area contributed by atoms with Crippen LogP contribution in [0.1, 0.15) is 29.8 Å². The fourth-order valence-electron chi connectivity index (χ4n) is 4.54. The number of hydrogen-bond acceptors (Lipinski definition) is 4. The van der Waals surface area contributed by atoms with Crippen LogP contribution < -0.4 is 4.90 Å². The van der Waals surface area contributed by atoms with Crippen molar-refractivity contribution in [2.45, 2.75) is 38.5 Å². The molecule has 0 aliphatic carbocycles. The molecule has 0 fully saturated rings. The Kier molecular flexibility index (Phi) is 6.61. The zero-order chi connectivity index (χ0) is 24.2. The van der Waals surface area contributed by atoms with Crippen molar-refractivity contribution < 1.29 is 13.6 Å². The standard InChI is InChI=1S/C27H25F2N5O/c28-24(29)17-19-9-11-22(12-10-19)34-25(31-32-27(34)21-6-3-15-30-18-21)13-14-26(35)33-16-4-7-20-5-1-2-8-23(20)33/h1-3,5-6,8-12,15,18,24H,4,7,13-14,16-17H2. The summed E-state index contributed by atoms with van der Waals surface area (Å²) in [7, 11) is 0. The largest absolute Gasteiger partial charge is 0.312 e. The van der Waals surface area contributed by atoms with E-state index in [0.717, 1.165) is 29.8 Å². The van der Waals surface area contributed by atoms with E-state index < -0.39 is 6.43 Å². The number of halogens is 2. The lowest BCUT2D eigenvalue weighted by Crippen LogP contribution is -2.35. The maximum absolute atomic E-state index is 13.2. The number of aromatic nitrogens is 4. The van der Waals surface area contributed by atoms with Crippen molar-refractivity contribution in [1.82, 2.24) is 19.7 Å². The highest BCUT2D eigenvalue weighted by Crippen LogP contribution is 2.28. The van der Waals surface area contributed by atoms with Gasteiger partial charge in [0.1, 0.15) is 5.82 Å². The summed E-state index contributed by atoms with van der Waals surface area (Å²) in [6.45, 7) is 0.703. The monoisotopic (exact) mass is 473 g/mol. The zero-order valence-electron chi connectivity index (χ0n) is 19.1. The van der Waals surface area contributed by atoms with Crippen LogP contribution in [0.5, 0.6) is 0 Å². The third kappa shape index (κ3) is 4.96. The van der Waals surface area contributed by atoms with Gasteiger partial charge in [0.15, 0.2) is 5.82 Å². The smallest absolute Gasteiger partial charge is 0.242 e. The lowest BCUT2D eigenvalue weighted by Gasteiger charge is -2.29. The molecule has 0 bridgehead atoms. The van der Waals surface area contributed by atoms with Gasteiger partial charge in [0, 0.05) is 55.1 Å². The molecule has 0 N–H and O–H groups in total.